The Morgan fingerprint density at radius 3 is 2.57 bits per heavy atom. The van der Waals surface area contributed by atoms with E-state index in [9.17, 15) is 9.59 Å². The smallest absolute Gasteiger partial charge is 0.329 e. The fraction of sp³-hybridized carbons (Fsp3) is 0.250. The van der Waals surface area contributed by atoms with Gasteiger partial charge in [-0.05, 0) is 24.3 Å². The number of nitrogens with zero attached hydrogens (tertiary/aromatic N) is 3. The Labute approximate surface area is 142 Å². The van der Waals surface area contributed by atoms with Gasteiger partial charge in [0.15, 0.2) is 0 Å². The van der Waals surface area contributed by atoms with Gasteiger partial charge in [-0.15, -0.1) is 11.3 Å². The number of aryl methyl sites for hydroxylation is 1. The summed E-state index contributed by atoms with van der Waals surface area (Å²) in [6.07, 6.45) is 0. The van der Waals surface area contributed by atoms with Crippen molar-refractivity contribution in [1.82, 2.24) is 14.0 Å². The fourth-order valence-corrected chi connectivity index (χ4v) is 3.67. The molecule has 5 nitrogen and oxygen atoms in total. The van der Waals surface area contributed by atoms with Crippen LogP contribution in [0.15, 0.2) is 41.2 Å². The lowest BCUT2D eigenvalue weighted by Gasteiger charge is -2.16. The lowest BCUT2D eigenvalue weighted by Crippen LogP contribution is -2.33. The van der Waals surface area contributed by atoms with E-state index in [1.54, 1.807) is 23.6 Å². The normalized spacial score (nSPS) is 11.1. The number of amides is 1. The van der Waals surface area contributed by atoms with Crippen LogP contribution in [0.25, 0.3) is 11.0 Å². The number of aromatic nitrogens is 2. The van der Waals surface area contributed by atoms with Crippen molar-refractivity contribution in [2.75, 3.05) is 7.05 Å². The molecule has 0 fully saturated rings. The maximum Gasteiger partial charge on any atom is 0.329 e. The second-order valence-electron chi connectivity index (χ2n) is 5.37. The molecule has 0 aliphatic carbocycles. The molecule has 0 atom stereocenters. The molecule has 0 aliphatic rings. The average molecular weight is 350 g/mol. The Balaban J connectivity index is 1.83. The van der Waals surface area contributed by atoms with E-state index < -0.39 is 0 Å². The summed E-state index contributed by atoms with van der Waals surface area (Å²) in [4.78, 5) is 27.4. The number of carbonyl (C=O) groups excluding carboxylic acids is 1. The van der Waals surface area contributed by atoms with Gasteiger partial charge in [0.2, 0.25) is 5.91 Å². The molecule has 3 rings (SSSR count). The molecule has 0 aliphatic heterocycles. The maximum absolute atomic E-state index is 12.5. The summed E-state index contributed by atoms with van der Waals surface area (Å²) < 4.78 is 3.77. The first kappa shape index (κ1) is 15.8. The molecule has 2 aromatic heterocycles. The van der Waals surface area contributed by atoms with E-state index in [-0.39, 0.29) is 18.1 Å². The lowest BCUT2D eigenvalue weighted by atomic mass is 10.3. The fourth-order valence-electron chi connectivity index (χ4n) is 2.53. The highest BCUT2D eigenvalue weighted by Crippen LogP contribution is 2.22. The summed E-state index contributed by atoms with van der Waals surface area (Å²) in [6.45, 7) is 0.505. The Bertz CT molecular complexity index is 925. The summed E-state index contributed by atoms with van der Waals surface area (Å²) in [5.41, 5.74) is 1.39. The van der Waals surface area contributed by atoms with E-state index in [1.165, 1.54) is 15.9 Å². The van der Waals surface area contributed by atoms with E-state index in [1.807, 2.05) is 36.4 Å². The Morgan fingerprint density at radius 2 is 1.91 bits per heavy atom. The average Bonchev–Trinajstić information content (AvgIpc) is 3.04. The van der Waals surface area contributed by atoms with Crippen LogP contribution in [0.5, 0.6) is 0 Å². The largest absolute Gasteiger partial charge is 0.339 e. The van der Waals surface area contributed by atoms with Gasteiger partial charge in [0.25, 0.3) is 0 Å². The van der Waals surface area contributed by atoms with Crippen LogP contribution >= 0.6 is 22.9 Å². The van der Waals surface area contributed by atoms with Crippen LogP contribution in [0.1, 0.15) is 4.88 Å². The minimum absolute atomic E-state index is 0.0236. The monoisotopic (exact) mass is 349 g/mol. The molecule has 0 unspecified atom stereocenters. The first-order valence-corrected chi connectivity index (χ1v) is 8.29. The predicted octanol–water partition coefficient (Wildman–Crippen LogP) is 2.71. The molecule has 0 radical (unpaired) electrons. The van der Waals surface area contributed by atoms with Crippen LogP contribution in [0.4, 0.5) is 0 Å². The van der Waals surface area contributed by atoms with Crippen molar-refractivity contribution in [1.29, 1.82) is 0 Å². The molecular formula is C16H16ClN3O2S. The Kier molecular flexibility index (Phi) is 4.28. The molecular weight excluding hydrogens is 334 g/mol. The summed E-state index contributed by atoms with van der Waals surface area (Å²) >= 11 is 7.36. The van der Waals surface area contributed by atoms with Crippen LogP contribution in [0.3, 0.4) is 0 Å². The van der Waals surface area contributed by atoms with Gasteiger partial charge in [-0.1, -0.05) is 23.7 Å². The third-order valence-corrected chi connectivity index (χ3v) is 5.01. The first-order chi connectivity index (χ1) is 11.0. The zero-order valence-corrected chi connectivity index (χ0v) is 14.4. The number of likely N-dealkylation sites (N-methyl/N-ethyl adjacent to an activating group) is 1. The number of halogens is 1. The van der Waals surface area contributed by atoms with E-state index in [2.05, 4.69) is 0 Å². The molecule has 1 amide bonds. The molecule has 23 heavy (non-hydrogen) atoms. The van der Waals surface area contributed by atoms with Crippen molar-refractivity contribution in [3.8, 4) is 0 Å². The van der Waals surface area contributed by atoms with Gasteiger partial charge < -0.3 is 4.90 Å². The van der Waals surface area contributed by atoms with Gasteiger partial charge >= 0.3 is 5.69 Å². The molecule has 0 spiro atoms. The maximum atomic E-state index is 12.5. The van der Waals surface area contributed by atoms with Crippen LogP contribution < -0.4 is 5.69 Å². The molecule has 0 saturated carbocycles. The highest BCUT2D eigenvalue weighted by molar-refractivity contribution is 7.16. The zero-order valence-electron chi connectivity index (χ0n) is 12.8. The van der Waals surface area contributed by atoms with Crippen molar-refractivity contribution in [3.05, 3.63) is 56.1 Å². The molecule has 0 saturated heterocycles. The van der Waals surface area contributed by atoms with Crippen molar-refractivity contribution >= 4 is 39.9 Å². The van der Waals surface area contributed by atoms with Gasteiger partial charge in [0, 0.05) is 19.0 Å². The number of rotatable bonds is 4. The van der Waals surface area contributed by atoms with Crippen LogP contribution in [-0.4, -0.2) is 27.0 Å². The molecule has 3 aromatic rings. The predicted molar refractivity (Wildman–Crippen MR) is 93.0 cm³/mol. The van der Waals surface area contributed by atoms with E-state index in [4.69, 9.17) is 11.6 Å². The second kappa shape index (κ2) is 6.22. The third-order valence-electron chi connectivity index (χ3n) is 3.79. The van der Waals surface area contributed by atoms with Crippen molar-refractivity contribution in [2.24, 2.45) is 7.05 Å². The highest BCUT2D eigenvalue weighted by atomic mass is 35.5. The SMILES string of the molecule is CN(Cc1ccc(Cl)s1)C(=O)Cn1c(=O)n(C)c2ccccc21. The molecule has 7 heteroatoms. The Morgan fingerprint density at radius 1 is 1.22 bits per heavy atom. The topological polar surface area (TPSA) is 47.2 Å². The molecule has 0 N–H and O–H groups in total. The standard InChI is InChI=1S/C16H16ClN3O2S/c1-18(9-11-7-8-14(17)23-11)15(21)10-20-13-6-4-3-5-12(13)19(2)16(20)22/h3-8H,9-10H2,1-2H3. The number of carbonyl (C=O) groups is 1. The summed E-state index contributed by atoms with van der Waals surface area (Å²) in [5, 5.41) is 0. The highest BCUT2D eigenvalue weighted by Gasteiger charge is 2.16. The van der Waals surface area contributed by atoms with Crippen LogP contribution in [0, 0.1) is 0 Å². The summed E-state index contributed by atoms with van der Waals surface area (Å²) in [7, 11) is 3.44. The lowest BCUT2D eigenvalue weighted by molar-refractivity contribution is -0.131. The number of para-hydroxylation sites is 2. The third kappa shape index (κ3) is 3.04. The Hall–Kier alpha value is -2.05. The minimum atomic E-state index is -0.188. The van der Waals surface area contributed by atoms with Crippen LogP contribution in [0.2, 0.25) is 4.34 Å². The number of hydrogen-bond donors (Lipinski definition) is 0. The summed E-state index contributed by atoms with van der Waals surface area (Å²) in [6, 6.07) is 11.2. The van der Waals surface area contributed by atoms with E-state index in [0.29, 0.717) is 10.9 Å². The number of hydrogen-bond acceptors (Lipinski definition) is 3. The molecule has 0 bridgehead atoms. The molecule has 2 heterocycles. The number of fused-ring (bicyclic) bond motifs is 1. The number of imidazole rings is 1. The van der Waals surface area contributed by atoms with Crippen LogP contribution in [-0.2, 0) is 24.9 Å². The van der Waals surface area contributed by atoms with E-state index in [0.717, 1.165) is 15.9 Å². The van der Waals surface area contributed by atoms with Crippen molar-refractivity contribution < 1.29 is 4.79 Å². The van der Waals surface area contributed by atoms with Crippen molar-refractivity contribution in [3.63, 3.8) is 0 Å². The number of benzene rings is 1. The van der Waals surface area contributed by atoms with E-state index >= 15 is 0 Å². The van der Waals surface area contributed by atoms with Gasteiger partial charge in [-0.2, -0.15) is 0 Å². The van der Waals surface area contributed by atoms with Gasteiger partial charge in [-0.25, -0.2) is 4.79 Å². The minimum Gasteiger partial charge on any atom is -0.339 e. The zero-order chi connectivity index (χ0) is 16.6. The van der Waals surface area contributed by atoms with Gasteiger partial charge in [0.1, 0.15) is 6.54 Å². The molecule has 120 valence electrons. The second-order valence-corrected chi connectivity index (χ2v) is 7.17. The molecule has 1 aromatic carbocycles. The summed E-state index contributed by atoms with van der Waals surface area (Å²) in [5.74, 6) is -0.118. The van der Waals surface area contributed by atoms with Crippen molar-refractivity contribution in [2.45, 2.75) is 13.1 Å². The van der Waals surface area contributed by atoms with Gasteiger partial charge in [0.05, 0.1) is 21.9 Å². The first-order valence-electron chi connectivity index (χ1n) is 7.10. The quantitative estimate of drug-likeness (QED) is 0.727. The number of thiophene rings is 1. The van der Waals surface area contributed by atoms with Gasteiger partial charge in [-0.3, -0.25) is 13.9 Å².